The van der Waals surface area contributed by atoms with Gasteiger partial charge in [-0.2, -0.15) is 0 Å². The number of hydrogen-bond donors (Lipinski definition) is 1. The van der Waals surface area contributed by atoms with Crippen LogP contribution in [0.1, 0.15) is 38.7 Å². The van der Waals surface area contributed by atoms with Crippen molar-refractivity contribution in [3.05, 3.63) is 71.2 Å². The SMILES string of the molecule is CCCCNC(=O)[C@@H](CC)N(Cc1ccc(OC)cc1)C(=O)CN(c1cc(Cl)ccc1OC)S(=O)(=O)c1ccc(OC)c(OC)c1. The second kappa shape index (κ2) is 17.0. The Kier molecular flexibility index (Phi) is 13.4. The second-order valence-electron chi connectivity index (χ2n) is 10.3. The van der Waals surface area contributed by atoms with E-state index in [1.54, 1.807) is 44.4 Å². The Balaban J connectivity index is 2.15. The molecule has 0 spiro atoms. The molecule has 1 atom stereocenters. The van der Waals surface area contributed by atoms with Gasteiger partial charge in [0, 0.05) is 24.2 Å². The summed E-state index contributed by atoms with van der Waals surface area (Å²) in [5, 5.41) is 3.15. The van der Waals surface area contributed by atoms with Crippen molar-refractivity contribution in [1.82, 2.24) is 10.2 Å². The van der Waals surface area contributed by atoms with E-state index in [1.807, 2.05) is 6.92 Å². The Morgan fingerprint density at radius 1 is 0.848 bits per heavy atom. The third-order valence-electron chi connectivity index (χ3n) is 7.36. The van der Waals surface area contributed by atoms with Crippen molar-refractivity contribution in [2.75, 3.05) is 45.8 Å². The van der Waals surface area contributed by atoms with Crippen LogP contribution in [-0.4, -0.2) is 72.7 Å². The summed E-state index contributed by atoms with van der Waals surface area (Å²) in [4.78, 5) is 29.0. The number of ether oxygens (including phenoxy) is 4. The Labute approximate surface area is 276 Å². The molecule has 3 aromatic rings. The molecule has 13 heteroatoms. The van der Waals surface area contributed by atoms with Crippen molar-refractivity contribution in [2.45, 2.75) is 50.6 Å². The molecule has 2 amide bonds. The van der Waals surface area contributed by atoms with E-state index in [1.165, 1.54) is 56.6 Å². The normalized spacial score (nSPS) is 11.7. The first kappa shape index (κ1) is 36.3. The van der Waals surface area contributed by atoms with Crippen LogP contribution in [0.15, 0.2) is 65.6 Å². The fraction of sp³-hybridized carbons (Fsp3) is 0.394. The van der Waals surface area contributed by atoms with Crippen LogP contribution < -0.4 is 28.6 Å². The molecule has 0 radical (unpaired) electrons. The minimum Gasteiger partial charge on any atom is -0.497 e. The highest BCUT2D eigenvalue weighted by Gasteiger charge is 2.35. The molecule has 46 heavy (non-hydrogen) atoms. The molecule has 250 valence electrons. The first-order chi connectivity index (χ1) is 22.0. The molecule has 11 nitrogen and oxygen atoms in total. The lowest BCUT2D eigenvalue weighted by molar-refractivity contribution is -0.140. The maximum atomic E-state index is 14.4. The van der Waals surface area contributed by atoms with Gasteiger partial charge >= 0.3 is 0 Å². The highest BCUT2D eigenvalue weighted by molar-refractivity contribution is 7.92. The molecule has 0 saturated carbocycles. The van der Waals surface area contributed by atoms with E-state index in [-0.39, 0.29) is 39.6 Å². The number of rotatable bonds is 17. The highest BCUT2D eigenvalue weighted by atomic mass is 35.5. The maximum Gasteiger partial charge on any atom is 0.265 e. The molecule has 0 aliphatic heterocycles. The topological polar surface area (TPSA) is 124 Å². The Morgan fingerprint density at radius 2 is 1.50 bits per heavy atom. The molecule has 0 aliphatic rings. The molecule has 3 aromatic carbocycles. The van der Waals surface area contributed by atoms with Crippen molar-refractivity contribution >= 4 is 39.1 Å². The van der Waals surface area contributed by atoms with Crippen LogP contribution in [0.3, 0.4) is 0 Å². The van der Waals surface area contributed by atoms with E-state index >= 15 is 0 Å². The standard InChI is InChI=1S/C33H42ClN3O8S/c1-7-9-18-35-33(39)27(8-2)36(21-23-10-13-25(42-3)14-11-23)32(38)22-37(28-19-24(34)12-16-29(28)43-4)46(40,41)26-15-17-30(44-5)31(20-26)45-6/h10-17,19-20,27H,7-9,18,21-22H2,1-6H3,(H,35,39)/t27-/m1/s1. The van der Waals surface area contributed by atoms with Gasteiger partial charge in [-0.15, -0.1) is 0 Å². The second-order valence-corrected chi connectivity index (χ2v) is 12.6. The van der Waals surface area contributed by atoms with Crippen molar-refractivity contribution in [3.8, 4) is 23.0 Å². The first-order valence-corrected chi connectivity index (χ1v) is 16.6. The number of carbonyl (C=O) groups excluding carboxylic acids is 2. The summed E-state index contributed by atoms with van der Waals surface area (Å²) in [6.45, 7) is 3.65. The molecule has 1 N–H and O–H groups in total. The Hall–Kier alpha value is -4.16. The number of sulfonamides is 1. The molecule has 3 rings (SSSR count). The molecular formula is C33H42ClN3O8S. The van der Waals surface area contributed by atoms with Crippen LogP contribution in [0.4, 0.5) is 5.69 Å². The summed E-state index contributed by atoms with van der Waals surface area (Å²) in [7, 11) is 1.32. The lowest BCUT2D eigenvalue weighted by Crippen LogP contribution is -2.52. The van der Waals surface area contributed by atoms with Gasteiger partial charge in [0.25, 0.3) is 10.0 Å². The molecule has 0 aliphatic carbocycles. The zero-order valence-corrected chi connectivity index (χ0v) is 28.6. The van der Waals surface area contributed by atoms with Gasteiger partial charge in [0.15, 0.2) is 11.5 Å². The summed E-state index contributed by atoms with van der Waals surface area (Å²) >= 11 is 6.34. The number of carbonyl (C=O) groups is 2. The van der Waals surface area contributed by atoms with Gasteiger partial charge in [-0.1, -0.05) is 44.0 Å². The molecule has 0 fully saturated rings. The summed E-state index contributed by atoms with van der Waals surface area (Å²) < 4.78 is 51.1. The molecule has 0 heterocycles. The predicted octanol–water partition coefficient (Wildman–Crippen LogP) is 5.29. The number of hydrogen-bond acceptors (Lipinski definition) is 8. The Morgan fingerprint density at radius 3 is 2.09 bits per heavy atom. The average Bonchev–Trinajstić information content (AvgIpc) is 3.06. The molecule has 0 aromatic heterocycles. The van der Waals surface area contributed by atoms with E-state index < -0.39 is 28.5 Å². The number of nitrogens with one attached hydrogen (secondary N) is 1. The Bertz CT molecular complexity index is 1580. The van der Waals surface area contributed by atoms with Gasteiger partial charge in [0.1, 0.15) is 24.1 Å². The van der Waals surface area contributed by atoms with E-state index in [9.17, 15) is 18.0 Å². The van der Waals surface area contributed by atoms with Gasteiger partial charge in [0.05, 0.1) is 39.0 Å². The van der Waals surface area contributed by atoms with Crippen molar-refractivity contribution in [2.24, 2.45) is 0 Å². The summed E-state index contributed by atoms with van der Waals surface area (Å²) in [6, 6.07) is 14.8. The van der Waals surface area contributed by atoms with Gasteiger partial charge < -0.3 is 29.2 Å². The molecule has 0 saturated heterocycles. The quantitative estimate of drug-likeness (QED) is 0.192. The van der Waals surface area contributed by atoms with Gasteiger partial charge in [-0.25, -0.2) is 8.42 Å². The summed E-state index contributed by atoms with van der Waals surface area (Å²) in [6.07, 6.45) is 1.96. The number of benzene rings is 3. The van der Waals surface area contributed by atoms with Crippen LogP contribution in [0.2, 0.25) is 5.02 Å². The highest BCUT2D eigenvalue weighted by Crippen LogP contribution is 2.37. The monoisotopic (exact) mass is 675 g/mol. The maximum absolute atomic E-state index is 14.4. The fourth-order valence-electron chi connectivity index (χ4n) is 4.83. The minimum absolute atomic E-state index is 0.0411. The lowest BCUT2D eigenvalue weighted by atomic mass is 10.1. The smallest absolute Gasteiger partial charge is 0.265 e. The van der Waals surface area contributed by atoms with Crippen LogP contribution in [0.5, 0.6) is 23.0 Å². The fourth-order valence-corrected chi connectivity index (χ4v) is 6.43. The van der Waals surface area contributed by atoms with Crippen molar-refractivity contribution in [1.29, 1.82) is 0 Å². The molecule has 0 bridgehead atoms. The minimum atomic E-state index is -4.45. The third kappa shape index (κ3) is 8.76. The summed E-state index contributed by atoms with van der Waals surface area (Å²) in [5.74, 6) is 0.379. The zero-order chi connectivity index (χ0) is 33.9. The van der Waals surface area contributed by atoms with Crippen molar-refractivity contribution < 1.29 is 37.0 Å². The van der Waals surface area contributed by atoms with Crippen LogP contribution in [0, 0.1) is 0 Å². The number of nitrogens with zero attached hydrogens (tertiary/aromatic N) is 2. The number of amides is 2. The van der Waals surface area contributed by atoms with Crippen LogP contribution in [0.25, 0.3) is 0 Å². The number of halogens is 1. The molecule has 0 unspecified atom stereocenters. The number of methoxy groups -OCH3 is 4. The summed E-state index contributed by atoms with van der Waals surface area (Å²) in [5.41, 5.74) is 0.770. The largest absolute Gasteiger partial charge is 0.497 e. The van der Waals surface area contributed by atoms with Crippen LogP contribution >= 0.6 is 11.6 Å². The van der Waals surface area contributed by atoms with Crippen molar-refractivity contribution in [3.63, 3.8) is 0 Å². The third-order valence-corrected chi connectivity index (χ3v) is 9.35. The van der Waals surface area contributed by atoms with E-state index in [2.05, 4.69) is 5.32 Å². The van der Waals surface area contributed by atoms with E-state index in [0.717, 1.165) is 22.7 Å². The zero-order valence-electron chi connectivity index (χ0n) is 27.0. The first-order valence-electron chi connectivity index (χ1n) is 14.8. The van der Waals surface area contributed by atoms with Crippen LogP contribution in [-0.2, 0) is 26.2 Å². The van der Waals surface area contributed by atoms with Gasteiger partial charge in [0.2, 0.25) is 11.8 Å². The molecular weight excluding hydrogens is 634 g/mol. The van der Waals surface area contributed by atoms with Gasteiger partial charge in [-0.05, 0) is 60.9 Å². The number of anilines is 1. The lowest BCUT2D eigenvalue weighted by Gasteiger charge is -2.33. The van der Waals surface area contributed by atoms with E-state index in [0.29, 0.717) is 24.5 Å². The van der Waals surface area contributed by atoms with E-state index in [4.69, 9.17) is 30.5 Å². The van der Waals surface area contributed by atoms with Gasteiger partial charge in [-0.3, -0.25) is 13.9 Å². The predicted molar refractivity (Wildman–Crippen MR) is 178 cm³/mol. The average molecular weight is 676 g/mol. The number of unbranched alkanes of at least 4 members (excludes halogenated alkanes) is 1.